The third kappa shape index (κ3) is 2.21. The lowest BCUT2D eigenvalue weighted by Gasteiger charge is -2.15. The van der Waals surface area contributed by atoms with Crippen LogP contribution in [0.25, 0.3) is 10.8 Å². The normalized spacial score (nSPS) is 12.4. The Hall–Kier alpha value is -2.48. The predicted molar refractivity (Wildman–Crippen MR) is 81.2 cm³/mol. The second kappa shape index (κ2) is 4.89. The van der Waals surface area contributed by atoms with E-state index < -0.39 is 0 Å². The lowest BCUT2D eigenvalue weighted by atomic mass is 9.91. The van der Waals surface area contributed by atoms with Crippen molar-refractivity contribution in [3.63, 3.8) is 0 Å². The molecule has 0 aromatic heterocycles. The SMILES string of the molecule is CC(c1ccc2ccccc2c1)c1cc(O)ccc1O. The van der Waals surface area contributed by atoms with Gasteiger partial charge in [-0.15, -0.1) is 0 Å². The molecule has 3 aromatic carbocycles. The number of fused-ring (bicyclic) bond motifs is 1. The molecule has 1 atom stereocenters. The summed E-state index contributed by atoms with van der Waals surface area (Å²) in [4.78, 5) is 0. The number of hydrogen-bond acceptors (Lipinski definition) is 2. The highest BCUT2D eigenvalue weighted by Crippen LogP contribution is 2.34. The third-order valence-corrected chi connectivity index (χ3v) is 3.75. The van der Waals surface area contributed by atoms with Crippen LogP contribution in [-0.2, 0) is 0 Å². The standard InChI is InChI=1S/C18H16O2/c1-12(17-11-16(19)8-9-18(17)20)14-7-6-13-4-2-3-5-15(13)10-14/h2-12,19-20H,1H3. The van der Waals surface area contributed by atoms with Crippen LogP contribution in [0.5, 0.6) is 11.5 Å². The maximum absolute atomic E-state index is 9.97. The minimum Gasteiger partial charge on any atom is -0.508 e. The predicted octanol–water partition coefficient (Wildman–Crippen LogP) is 4.40. The molecule has 1 unspecified atom stereocenters. The van der Waals surface area contributed by atoms with Gasteiger partial charge in [0, 0.05) is 11.5 Å². The van der Waals surface area contributed by atoms with Gasteiger partial charge in [0.25, 0.3) is 0 Å². The number of hydrogen-bond donors (Lipinski definition) is 2. The zero-order chi connectivity index (χ0) is 14.1. The molecular formula is C18H16O2. The number of rotatable bonds is 2. The first-order chi connectivity index (χ1) is 9.65. The zero-order valence-corrected chi connectivity index (χ0v) is 11.2. The maximum Gasteiger partial charge on any atom is 0.119 e. The van der Waals surface area contributed by atoms with E-state index in [9.17, 15) is 10.2 Å². The molecule has 0 aliphatic carbocycles. The molecule has 2 N–H and O–H groups in total. The topological polar surface area (TPSA) is 40.5 Å². The van der Waals surface area contributed by atoms with Crippen LogP contribution in [0.4, 0.5) is 0 Å². The first-order valence-corrected chi connectivity index (χ1v) is 6.66. The molecule has 0 saturated carbocycles. The maximum atomic E-state index is 9.97. The fraction of sp³-hybridized carbons (Fsp3) is 0.111. The van der Waals surface area contributed by atoms with Gasteiger partial charge in [0.1, 0.15) is 11.5 Å². The van der Waals surface area contributed by atoms with Gasteiger partial charge in [0.2, 0.25) is 0 Å². The Morgan fingerprint density at radius 3 is 2.35 bits per heavy atom. The molecule has 2 heteroatoms. The lowest BCUT2D eigenvalue weighted by molar-refractivity contribution is 0.452. The fourth-order valence-electron chi connectivity index (χ4n) is 2.55. The van der Waals surface area contributed by atoms with Crippen molar-refractivity contribution in [3.05, 3.63) is 71.8 Å². The molecule has 0 radical (unpaired) electrons. The summed E-state index contributed by atoms with van der Waals surface area (Å²) >= 11 is 0. The van der Waals surface area contributed by atoms with Gasteiger partial charge in [-0.25, -0.2) is 0 Å². The van der Waals surface area contributed by atoms with Gasteiger partial charge in [0.15, 0.2) is 0 Å². The van der Waals surface area contributed by atoms with E-state index >= 15 is 0 Å². The molecule has 3 rings (SSSR count). The highest BCUT2D eigenvalue weighted by molar-refractivity contribution is 5.83. The summed E-state index contributed by atoms with van der Waals surface area (Å²) in [6, 6.07) is 19.1. The summed E-state index contributed by atoms with van der Waals surface area (Å²) in [6.07, 6.45) is 0. The quantitative estimate of drug-likeness (QED) is 0.673. The van der Waals surface area contributed by atoms with Crippen molar-refractivity contribution >= 4 is 10.8 Å². The summed E-state index contributed by atoms with van der Waals surface area (Å²) in [7, 11) is 0. The zero-order valence-electron chi connectivity index (χ0n) is 11.2. The smallest absolute Gasteiger partial charge is 0.119 e. The van der Waals surface area contributed by atoms with Crippen LogP contribution >= 0.6 is 0 Å². The van der Waals surface area contributed by atoms with Crippen LogP contribution in [0.2, 0.25) is 0 Å². The third-order valence-electron chi connectivity index (χ3n) is 3.75. The molecule has 0 aliphatic rings. The Morgan fingerprint density at radius 2 is 1.55 bits per heavy atom. The molecule has 100 valence electrons. The highest BCUT2D eigenvalue weighted by Gasteiger charge is 2.13. The summed E-state index contributed by atoms with van der Waals surface area (Å²) < 4.78 is 0. The molecule has 0 aliphatic heterocycles. The molecule has 3 aromatic rings. The van der Waals surface area contributed by atoms with Crippen molar-refractivity contribution in [3.8, 4) is 11.5 Å². The van der Waals surface area contributed by atoms with Crippen LogP contribution < -0.4 is 0 Å². The fourth-order valence-corrected chi connectivity index (χ4v) is 2.55. The van der Waals surface area contributed by atoms with Gasteiger partial charge < -0.3 is 10.2 Å². The molecular weight excluding hydrogens is 248 g/mol. The Balaban J connectivity index is 2.07. The lowest BCUT2D eigenvalue weighted by Crippen LogP contribution is -1.96. The second-order valence-corrected chi connectivity index (χ2v) is 5.07. The first-order valence-electron chi connectivity index (χ1n) is 6.66. The summed E-state index contributed by atoms with van der Waals surface area (Å²) in [5.41, 5.74) is 1.85. The van der Waals surface area contributed by atoms with Gasteiger partial charge in [-0.1, -0.05) is 49.4 Å². The first kappa shape index (κ1) is 12.5. The van der Waals surface area contributed by atoms with E-state index in [1.807, 2.05) is 19.1 Å². The van der Waals surface area contributed by atoms with E-state index in [2.05, 4.69) is 30.3 Å². The van der Waals surface area contributed by atoms with Crippen LogP contribution in [0.15, 0.2) is 60.7 Å². The van der Waals surface area contributed by atoms with Gasteiger partial charge in [-0.05, 0) is 34.5 Å². The van der Waals surface area contributed by atoms with E-state index in [-0.39, 0.29) is 17.4 Å². The van der Waals surface area contributed by atoms with Crippen molar-refractivity contribution in [1.29, 1.82) is 0 Å². The van der Waals surface area contributed by atoms with Crippen LogP contribution in [0.3, 0.4) is 0 Å². The van der Waals surface area contributed by atoms with E-state index in [0.717, 1.165) is 11.1 Å². The summed E-state index contributed by atoms with van der Waals surface area (Å²) in [5.74, 6) is 0.403. The van der Waals surface area contributed by atoms with Crippen LogP contribution in [0.1, 0.15) is 24.0 Å². The molecule has 0 saturated heterocycles. The Kier molecular flexibility index (Phi) is 3.07. The van der Waals surface area contributed by atoms with Crippen molar-refractivity contribution in [2.45, 2.75) is 12.8 Å². The average Bonchev–Trinajstić information content (AvgIpc) is 2.48. The van der Waals surface area contributed by atoms with Crippen molar-refractivity contribution in [1.82, 2.24) is 0 Å². The molecule has 0 fully saturated rings. The van der Waals surface area contributed by atoms with Gasteiger partial charge in [0.05, 0.1) is 0 Å². The van der Waals surface area contributed by atoms with Gasteiger partial charge >= 0.3 is 0 Å². The summed E-state index contributed by atoms with van der Waals surface area (Å²) in [5, 5.41) is 21.9. The largest absolute Gasteiger partial charge is 0.508 e. The van der Waals surface area contributed by atoms with Gasteiger partial charge in [-0.3, -0.25) is 0 Å². The molecule has 20 heavy (non-hydrogen) atoms. The Morgan fingerprint density at radius 1 is 0.800 bits per heavy atom. The second-order valence-electron chi connectivity index (χ2n) is 5.07. The minimum atomic E-state index is 0.0201. The monoisotopic (exact) mass is 264 g/mol. The Labute approximate surface area is 117 Å². The highest BCUT2D eigenvalue weighted by atomic mass is 16.3. The molecule has 0 spiro atoms. The summed E-state index contributed by atoms with van der Waals surface area (Å²) in [6.45, 7) is 2.03. The van der Waals surface area contributed by atoms with Crippen molar-refractivity contribution in [2.75, 3.05) is 0 Å². The van der Waals surface area contributed by atoms with Gasteiger partial charge in [-0.2, -0.15) is 0 Å². The number of phenolic OH excluding ortho intramolecular Hbond substituents is 2. The molecule has 0 amide bonds. The number of benzene rings is 3. The Bertz CT molecular complexity index is 762. The minimum absolute atomic E-state index is 0.0201. The van der Waals surface area contributed by atoms with E-state index in [1.54, 1.807) is 6.07 Å². The number of aromatic hydroxyl groups is 2. The van der Waals surface area contributed by atoms with Crippen LogP contribution in [-0.4, -0.2) is 10.2 Å². The molecule has 0 heterocycles. The molecule has 0 bridgehead atoms. The van der Waals surface area contributed by atoms with Crippen molar-refractivity contribution < 1.29 is 10.2 Å². The average molecular weight is 264 g/mol. The molecule has 2 nitrogen and oxygen atoms in total. The van der Waals surface area contributed by atoms with E-state index in [1.165, 1.54) is 22.9 Å². The van der Waals surface area contributed by atoms with Crippen molar-refractivity contribution in [2.24, 2.45) is 0 Å². The van der Waals surface area contributed by atoms with Crippen LogP contribution in [0, 0.1) is 0 Å². The van der Waals surface area contributed by atoms with E-state index in [0.29, 0.717) is 0 Å². The number of phenols is 2. The van der Waals surface area contributed by atoms with E-state index in [4.69, 9.17) is 0 Å².